The molecule has 0 aromatic carbocycles. The summed E-state index contributed by atoms with van der Waals surface area (Å²) in [5.74, 6) is 2.88. The summed E-state index contributed by atoms with van der Waals surface area (Å²) in [7, 11) is 0. The molecule has 76 valence electrons. The van der Waals surface area contributed by atoms with Gasteiger partial charge in [-0.05, 0) is 37.5 Å². The van der Waals surface area contributed by atoms with Crippen molar-refractivity contribution in [1.29, 1.82) is 0 Å². The Balaban J connectivity index is 2.02. The first-order valence-electron chi connectivity index (χ1n) is 6.04. The Morgan fingerprint density at radius 2 is 1.69 bits per heavy atom. The van der Waals surface area contributed by atoms with Crippen LogP contribution in [-0.2, 0) is 0 Å². The zero-order chi connectivity index (χ0) is 9.26. The van der Waals surface area contributed by atoms with Gasteiger partial charge in [-0.15, -0.1) is 0 Å². The third-order valence-corrected chi connectivity index (χ3v) is 4.31. The molecule has 0 radical (unpaired) electrons. The molecule has 0 spiro atoms. The lowest BCUT2D eigenvalue weighted by atomic mass is 9.64. The Labute approximate surface area is 82.1 Å². The van der Waals surface area contributed by atoms with Gasteiger partial charge in [0.2, 0.25) is 0 Å². The third kappa shape index (κ3) is 1.90. The molecular weight excluding hydrogens is 158 g/mol. The summed E-state index contributed by atoms with van der Waals surface area (Å²) in [5.41, 5.74) is 6.07. The lowest BCUT2D eigenvalue weighted by Crippen LogP contribution is -2.40. The Hall–Kier alpha value is -0.0400. The van der Waals surface area contributed by atoms with Crippen molar-refractivity contribution >= 4 is 0 Å². The Bertz CT molecular complexity index is 163. The van der Waals surface area contributed by atoms with Gasteiger partial charge < -0.3 is 5.73 Å². The molecule has 2 rings (SSSR count). The molecule has 0 bridgehead atoms. The molecule has 2 aliphatic rings. The van der Waals surface area contributed by atoms with E-state index in [0.29, 0.717) is 6.04 Å². The van der Waals surface area contributed by atoms with Gasteiger partial charge in [0.15, 0.2) is 0 Å². The number of hydrogen-bond donors (Lipinski definition) is 1. The summed E-state index contributed by atoms with van der Waals surface area (Å²) in [6.45, 7) is 2.21. The number of fused-ring (bicyclic) bond motifs is 1. The van der Waals surface area contributed by atoms with Gasteiger partial charge in [-0.1, -0.05) is 32.1 Å². The normalized spacial score (nSPS) is 42.5. The molecule has 0 heterocycles. The monoisotopic (exact) mass is 181 g/mol. The van der Waals surface area contributed by atoms with Crippen LogP contribution in [0.15, 0.2) is 0 Å². The lowest BCUT2D eigenvalue weighted by molar-refractivity contribution is 0.0905. The second kappa shape index (κ2) is 4.00. The molecule has 4 unspecified atom stereocenters. The Morgan fingerprint density at radius 1 is 1.00 bits per heavy atom. The van der Waals surface area contributed by atoms with Crippen molar-refractivity contribution in [1.82, 2.24) is 0 Å². The van der Waals surface area contributed by atoms with E-state index in [0.717, 1.165) is 17.8 Å². The van der Waals surface area contributed by atoms with Gasteiger partial charge in [0.25, 0.3) is 0 Å². The van der Waals surface area contributed by atoms with Crippen molar-refractivity contribution in [3.8, 4) is 0 Å². The van der Waals surface area contributed by atoms with Gasteiger partial charge in [-0.2, -0.15) is 0 Å². The van der Waals surface area contributed by atoms with Gasteiger partial charge in [0.05, 0.1) is 0 Å². The van der Waals surface area contributed by atoms with E-state index in [2.05, 4.69) is 6.92 Å². The summed E-state index contributed by atoms with van der Waals surface area (Å²) < 4.78 is 0. The van der Waals surface area contributed by atoms with Crippen molar-refractivity contribution in [2.24, 2.45) is 23.5 Å². The first-order chi connectivity index (χ1) is 6.29. The van der Waals surface area contributed by atoms with Crippen molar-refractivity contribution in [3.05, 3.63) is 0 Å². The van der Waals surface area contributed by atoms with E-state index in [4.69, 9.17) is 5.73 Å². The van der Waals surface area contributed by atoms with E-state index in [-0.39, 0.29) is 0 Å². The van der Waals surface area contributed by atoms with E-state index in [1.807, 2.05) is 0 Å². The zero-order valence-electron chi connectivity index (χ0n) is 8.84. The van der Waals surface area contributed by atoms with Gasteiger partial charge in [-0.3, -0.25) is 0 Å². The van der Waals surface area contributed by atoms with Crippen LogP contribution in [0, 0.1) is 17.8 Å². The molecule has 0 amide bonds. The van der Waals surface area contributed by atoms with Crippen molar-refractivity contribution < 1.29 is 0 Å². The minimum Gasteiger partial charge on any atom is -0.328 e. The van der Waals surface area contributed by atoms with Crippen molar-refractivity contribution in [2.75, 3.05) is 0 Å². The molecule has 1 nitrogen and oxygen atoms in total. The standard InChI is InChI=1S/C12H23N/c1-9(13)11-8-4-6-10-5-2-3-7-12(10)11/h9-12H,2-8,13H2,1H3. The van der Waals surface area contributed by atoms with E-state index in [9.17, 15) is 0 Å². The highest BCUT2D eigenvalue weighted by molar-refractivity contribution is 4.88. The summed E-state index contributed by atoms with van der Waals surface area (Å²) in [5, 5.41) is 0. The van der Waals surface area contributed by atoms with Gasteiger partial charge in [0, 0.05) is 6.04 Å². The number of hydrogen-bond acceptors (Lipinski definition) is 1. The van der Waals surface area contributed by atoms with Crippen LogP contribution in [0.1, 0.15) is 51.9 Å². The van der Waals surface area contributed by atoms with E-state index >= 15 is 0 Å². The van der Waals surface area contributed by atoms with Gasteiger partial charge in [-0.25, -0.2) is 0 Å². The second-order valence-electron chi connectivity index (χ2n) is 5.16. The molecule has 2 fully saturated rings. The third-order valence-electron chi connectivity index (χ3n) is 4.31. The minimum absolute atomic E-state index is 0.436. The molecule has 2 N–H and O–H groups in total. The van der Waals surface area contributed by atoms with E-state index in [1.165, 1.54) is 44.9 Å². The van der Waals surface area contributed by atoms with Gasteiger partial charge >= 0.3 is 0 Å². The zero-order valence-corrected chi connectivity index (χ0v) is 8.84. The average Bonchev–Trinajstić information content (AvgIpc) is 2.17. The van der Waals surface area contributed by atoms with Gasteiger partial charge in [0.1, 0.15) is 0 Å². The maximum absolute atomic E-state index is 6.07. The lowest BCUT2D eigenvalue weighted by Gasteiger charge is -2.43. The fourth-order valence-corrected chi connectivity index (χ4v) is 3.64. The molecule has 1 heteroatoms. The highest BCUT2D eigenvalue weighted by Gasteiger charge is 2.36. The van der Waals surface area contributed by atoms with Crippen molar-refractivity contribution in [2.45, 2.75) is 57.9 Å². The highest BCUT2D eigenvalue weighted by Crippen LogP contribution is 2.44. The largest absolute Gasteiger partial charge is 0.328 e. The van der Waals surface area contributed by atoms with Crippen LogP contribution in [0.5, 0.6) is 0 Å². The van der Waals surface area contributed by atoms with Crippen LogP contribution in [0.4, 0.5) is 0 Å². The fourth-order valence-electron chi connectivity index (χ4n) is 3.64. The maximum Gasteiger partial charge on any atom is 0.00415 e. The summed E-state index contributed by atoms with van der Waals surface area (Å²) in [6, 6.07) is 0.436. The first-order valence-corrected chi connectivity index (χ1v) is 6.04. The van der Waals surface area contributed by atoms with Crippen molar-refractivity contribution in [3.63, 3.8) is 0 Å². The molecular formula is C12H23N. The number of nitrogens with two attached hydrogens (primary N) is 1. The summed E-state index contributed by atoms with van der Waals surface area (Å²) in [4.78, 5) is 0. The van der Waals surface area contributed by atoms with Crippen LogP contribution in [0.3, 0.4) is 0 Å². The molecule has 4 atom stereocenters. The SMILES string of the molecule is CC(N)C1CCCC2CCCCC21. The fraction of sp³-hybridized carbons (Fsp3) is 1.00. The summed E-state index contributed by atoms with van der Waals surface area (Å²) in [6.07, 6.45) is 10.2. The maximum atomic E-state index is 6.07. The predicted molar refractivity (Wildman–Crippen MR) is 56.4 cm³/mol. The quantitative estimate of drug-likeness (QED) is 0.661. The molecule has 13 heavy (non-hydrogen) atoms. The first kappa shape index (κ1) is 9.51. The molecule has 0 saturated heterocycles. The average molecular weight is 181 g/mol. The number of rotatable bonds is 1. The molecule has 0 aliphatic heterocycles. The Morgan fingerprint density at radius 3 is 2.46 bits per heavy atom. The van der Waals surface area contributed by atoms with Crippen LogP contribution in [-0.4, -0.2) is 6.04 Å². The van der Waals surface area contributed by atoms with Crippen LogP contribution >= 0.6 is 0 Å². The minimum atomic E-state index is 0.436. The smallest absolute Gasteiger partial charge is 0.00415 e. The molecule has 0 aromatic rings. The Kier molecular flexibility index (Phi) is 2.92. The van der Waals surface area contributed by atoms with E-state index in [1.54, 1.807) is 0 Å². The molecule has 2 aliphatic carbocycles. The highest BCUT2D eigenvalue weighted by atomic mass is 14.6. The topological polar surface area (TPSA) is 26.0 Å². The van der Waals surface area contributed by atoms with Crippen LogP contribution in [0.2, 0.25) is 0 Å². The predicted octanol–water partition coefficient (Wildman–Crippen LogP) is 2.94. The van der Waals surface area contributed by atoms with Crippen LogP contribution in [0.25, 0.3) is 0 Å². The molecule has 2 saturated carbocycles. The van der Waals surface area contributed by atoms with Crippen LogP contribution < -0.4 is 5.73 Å². The molecule has 0 aromatic heterocycles. The second-order valence-corrected chi connectivity index (χ2v) is 5.16. The van der Waals surface area contributed by atoms with E-state index < -0.39 is 0 Å². The summed E-state index contributed by atoms with van der Waals surface area (Å²) >= 11 is 0.